The van der Waals surface area contributed by atoms with Crippen LogP contribution >= 0.6 is 0 Å². The molecule has 1 fully saturated rings. The minimum Gasteiger partial charge on any atom is -0.497 e. The molecule has 1 aliphatic heterocycles. The van der Waals surface area contributed by atoms with Crippen LogP contribution in [0.4, 0.5) is 17.1 Å². The highest BCUT2D eigenvalue weighted by Crippen LogP contribution is 2.34. The molecular weight excluding hydrogens is 338 g/mol. The molecule has 1 saturated heterocycles. The highest BCUT2D eigenvalue weighted by molar-refractivity contribution is 6.06. The van der Waals surface area contributed by atoms with Crippen molar-refractivity contribution in [3.63, 3.8) is 0 Å². The number of methoxy groups -OCH3 is 1. The van der Waals surface area contributed by atoms with Crippen molar-refractivity contribution < 1.29 is 9.53 Å². The maximum absolute atomic E-state index is 12.7. The molecular formula is C22H29N3O2. The highest BCUT2D eigenvalue weighted by atomic mass is 16.5. The van der Waals surface area contributed by atoms with Crippen molar-refractivity contribution in [3.05, 3.63) is 47.5 Å². The number of anilines is 3. The number of carbonyl (C=O) groups excluding carboxylic acids is 1. The van der Waals surface area contributed by atoms with Crippen LogP contribution in [-0.2, 0) is 0 Å². The van der Waals surface area contributed by atoms with Gasteiger partial charge in [0.25, 0.3) is 5.91 Å². The summed E-state index contributed by atoms with van der Waals surface area (Å²) < 4.78 is 5.20. The van der Waals surface area contributed by atoms with Crippen LogP contribution < -0.4 is 20.7 Å². The summed E-state index contributed by atoms with van der Waals surface area (Å²) in [7, 11) is 1.59. The van der Waals surface area contributed by atoms with E-state index in [0.29, 0.717) is 34.5 Å². The molecule has 2 atom stereocenters. The fraction of sp³-hybridized carbons (Fsp3) is 0.409. The number of hydrogen-bond donors (Lipinski definition) is 2. The van der Waals surface area contributed by atoms with Gasteiger partial charge in [-0.15, -0.1) is 0 Å². The number of aryl methyl sites for hydroxylation is 1. The van der Waals surface area contributed by atoms with E-state index in [1.54, 1.807) is 25.3 Å². The van der Waals surface area contributed by atoms with Gasteiger partial charge in [0, 0.05) is 24.3 Å². The van der Waals surface area contributed by atoms with Crippen molar-refractivity contribution in [1.82, 2.24) is 0 Å². The number of nitrogens with one attached hydrogen (secondary N) is 1. The number of hydrogen-bond acceptors (Lipinski definition) is 4. The molecule has 0 spiro atoms. The lowest BCUT2D eigenvalue weighted by Gasteiger charge is -2.37. The molecule has 0 unspecified atom stereocenters. The van der Waals surface area contributed by atoms with Gasteiger partial charge in [0.1, 0.15) is 5.75 Å². The van der Waals surface area contributed by atoms with Gasteiger partial charge in [0.05, 0.1) is 18.5 Å². The molecule has 144 valence electrons. The summed E-state index contributed by atoms with van der Waals surface area (Å²) in [6, 6.07) is 11.0. The summed E-state index contributed by atoms with van der Waals surface area (Å²) in [6.45, 7) is 8.71. The van der Waals surface area contributed by atoms with Crippen LogP contribution in [0.25, 0.3) is 0 Å². The van der Waals surface area contributed by atoms with Crippen LogP contribution in [0.5, 0.6) is 5.75 Å². The number of nitrogens with zero attached hydrogens (tertiary/aromatic N) is 1. The lowest BCUT2D eigenvalue weighted by atomic mass is 9.91. The Kier molecular flexibility index (Phi) is 5.59. The first kappa shape index (κ1) is 19.1. The van der Waals surface area contributed by atoms with E-state index in [1.807, 2.05) is 18.2 Å². The Morgan fingerprint density at radius 2 is 1.89 bits per heavy atom. The van der Waals surface area contributed by atoms with Crippen LogP contribution in [0.2, 0.25) is 0 Å². The number of benzene rings is 2. The molecule has 1 amide bonds. The van der Waals surface area contributed by atoms with E-state index in [1.165, 1.54) is 6.42 Å². The molecule has 0 radical (unpaired) electrons. The quantitative estimate of drug-likeness (QED) is 0.790. The maximum atomic E-state index is 12.7. The largest absolute Gasteiger partial charge is 0.497 e. The number of rotatable bonds is 4. The summed E-state index contributed by atoms with van der Waals surface area (Å²) in [5.74, 6) is 1.76. The zero-order chi connectivity index (χ0) is 19.6. The number of nitrogens with two attached hydrogens (primary N) is 1. The number of amides is 1. The zero-order valence-corrected chi connectivity index (χ0v) is 16.6. The number of nitrogen functional groups attached to an aromatic ring is 1. The standard InChI is InChI=1S/C22H29N3O2/c1-14-8-15(2)13-25(12-14)21-11-20(19(23)9-16(21)3)24-22(26)17-6-5-7-18(10-17)27-4/h5-7,9-11,14-15H,8,12-13,23H2,1-4H3,(H,24,26)/t14-,15+. The summed E-state index contributed by atoms with van der Waals surface area (Å²) in [5, 5.41) is 2.96. The van der Waals surface area contributed by atoms with Gasteiger partial charge in [-0.3, -0.25) is 4.79 Å². The van der Waals surface area contributed by atoms with E-state index in [-0.39, 0.29) is 5.91 Å². The van der Waals surface area contributed by atoms with E-state index >= 15 is 0 Å². The second-order valence-corrected chi connectivity index (χ2v) is 7.76. The molecule has 1 aliphatic rings. The lowest BCUT2D eigenvalue weighted by molar-refractivity contribution is 0.102. The van der Waals surface area contributed by atoms with Gasteiger partial charge >= 0.3 is 0 Å². The van der Waals surface area contributed by atoms with Crippen LogP contribution in [0.15, 0.2) is 36.4 Å². The Morgan fingerprint density at radius 3 is 2.56 bits per heavy atom. The third-order valence-corrected chi connectivity index (χ3v) is 5.16. The first-order chi connectivity index (χ1) is 12.9. The minimum absolute atomic E-state index is 0.198. The second kappa shape index (κ2) is 7.91. The van der Waals surface area contributed by atoms with E-state index in [4.69, 9.17) is 10.5 Å². The zero-order valence-electron chi connectivity index (χ0n) is 16.6. The Labute approximate surface area is 161 Å². The van der Waals surface area contributed by atoms with Crippen LogP contribution in [0.1, 0.15) is 36.2 Å². The smallest absolute Gasteiger partial charge is 0.255 e. The molecule has 3 rings (SSSR count). The van der Waals surface area contributed by atoms with E-state index in [2.05, 4.69) is 31.0 Å². The van der Waals surface area contributed by atoms with Crippen molar-refractivity contribution in [1.29, 1.82) is 0 Å². The third-order valence-electron chi connectivity index (χ3n) is 5.16. The van der Waals surface area contributed by atoms with Gasteiger partial charge in [-0.2, -0.15) is 0 Å². The monoisotopic (exact) mass is 367 g/mol. The fourth-order valence-corrected chi connectivity index (χ4v) is 3.99. The molecule has 0 aromatic heterocycles. The molecule has 27 heavy (non-hydrogen) atoms. The van der Waals surface area contributed by atoms with Crippen molar-refractivity contribution in [2.45, 2.75) is 27.2 Å². The predicted octanol–water partition coefficient (Wildman–Crippen LogP) is 4.32. The number of ether oxygens (including phenoxy) is 1. The van der Waals surface area contributed by atoms with Gasteiger partial charge in [-0.25, -0.2) is 0 Å². The average Bonchev–Trinajstić information content (AvgIpc) is 2.63. The third kappa shape index (κ3) is 4.35. The summed E-state index contributed by atoms with van der Waals surface area (Å²) in [6.07, 6.45) is 1.25. The first-order valence-corrected chi connectivity index (χ1v) is 9.47. The molecule has 3 N–H and O–H groups in total. The van der Waals surface area contributed by atoms with E-state index in [0.717, 1.165) is 24.3 Å². The van der Waals surface area contributed by atoms with Gasteiger partial charge < -0.3 is 20.7 Å². The first-order valence-electron chi connectivity index (χ1n) is 9.47. The second-order valence-electron chi connectivity index (χ2n) is 7.76. The van der Waals surface area contributed by atoms with Crippen LogP contribution in [0, 0.1) is 18.8 Å². The normalized spacial score (nSPS) is 19.6. The van der Waals surface area contributed by atoms with Gasteiger partial charge in [0.15, 0.2) is 0 Å². The molecule has 2 aromatic rings. The van der Waals surface area contributed by atoms with Crippen LogP contribution in [-0.4, -0.2) is 26.1 Å². The predicted molar refractivity (Wildman–Crippen MR) is 112 cm³/mol. The molecule has 0 saturated carbocycles. The van der Waals surface area contributed by atoms with Gasteiger partial charge in [0.2, 0.25) is 0 Å². The van der Waals surface area contributed by atoms with Gasteiger partial charge in [-0.05, 0) is 61.1 Å². The Bertz CT molecular complexity index is 824. The summed E-state index contributed by atoms with van der Waals surface area (Å²) >= 11 is 0. The summed E-state index contributed by atoms with van der Waals surface area (Å²) in [4.78, 5) is 15.1. The Hall–Kier alpha value is -2.69. The number of piperidine rings is 1. The van der Waals surface area contributed by atoms with Crippen molar-refractivity contribution >= 4 is 23.0 Å². The van der Waals surface area contributed by atoms with Crippen LogP contribution in [0.3, 0.4) is 0 Å². The molecule has 0 aliphatic carbocycles. The highest BCUT2D eigenvalue weighted by Gasteiger charge is 2.24. The minimum atomic E-state index is -0.198. The topological polar surface area (TPSA) is 67.6 Å². The van der Waals surface area contributed by atoms with E-state index < -0.39 is 0 Å². The molecule has 2 aromatic carbocycles. The van der Waals surface area contributed by atoms with Crippen molar-refractivity contribution in [2.75, 3.05) is 36.1 Å². The van der Waals surface area contributed by atoms with E-state index in [9.17, 15) is 4.79 Å². The summed E-state index contributed by atoms with van der Waals surface area (Å²) in [5.41, 5.74) is 10.2. The Balaban J connectivity index is 1.86. The maximum Gasteiger partial charge on any atom is 0.255 e. The molecule has 1 heterocycles. The number of carbonyl (C=O) groups is 1. The molecule has 0 bridgehead atoms. The SMILES string of the molecule is COc1cccc(C(=O)Nc2cc(N3C[C@H](C)C[C@H](C)C3)c(C)cc2N)c1. The molecule has 5 heteroatoms. The average molecular weight is 367 g/mol. The van der Waals surface area contributed by atoms with Gasteiger partial charge in [-0.1, -0.05) is 19.9 Å². The lowest BCUT2D eigenvalue weighted by Crippen LogP contribution is -2.39. The van der Waals surface area contributed by atoms with Crippen molar-refractivity contribution in [3.8, 4) is 5.75 Å². The fourth-order valence-electron chi connectivity index (χ4n) is 3.99. The molecule has 5 nitrogen and oxygen atoms in total. The van der Waals surface area contributed by atoms with Crippen molar-refractivity contribution in [2.24, 2.45) is 11.8 Å². The Morgan fingerprint density at radius 1 is 1.19 bits per heavy atom.